The van der Waals surface area contributed by atoms with E-state index in [4.69, 9.17) is 0 Å². The minimum Gasteiger partial charge on any atom is -0.389 e. The molecule has 1 saturated heterocycles. The van der Waals surface area contributed by atoms with Crippen molar-refractivity contribution in [3.05, 3.63) is 137 Å². The second-order valence-electron chi connectivity index (χ2n) is 13.1. The zero-order valence-corrected chi connectivity index (χ0v) is 30.0. The van der Waals surface area contributed by atoms with Gasteiger partial charge >= 0.3 is 0 Å². The number of carbonyl (C=O) groups is 3. The molecule has 0 aromatic heterocycles. The van der Waals surface area contributed by atoms with Gasteiger partial charge < -0.3 is 26.0 Å². The first-order valence-electron chi connectivity index (χ1n) is 16.9. The average Bonchev–Trinajstić information content (AvgIpc) is 3.13. The van der Waals surface area contributed by atoms with Gasteiger partial charge in [-0.3, -0.25) is 18.7 Å². The van der Waals surface area contributed by atoms with E-state index in [0.717, 1.165) is 27.3 Å². The number of anilines is 1. The summed E-state index contributed by atoms with van der Waals surface area (Å²) >= 11 is 0. The Labute approximate surface area is 299 Å². The first kappa shape index (κ1) is 37.2. The summed E-state index contributed by atoms with van der Waals surface area (Å²) in [5, 5.41) is 20.9. The molecule has 0 saturated carbocycles. The largest absolute Gasteiger partial charge is 0.389 e. The number of hydrogen-bond acceptors (Lipinski definition) is 7. The number of nitrogens with one attached hydrogen (secondary N) is 3. The van der Waals surface area contributed by atoms with Gasteiger partial charge in [0.05, 0.1) is 30.1 Å². The van der Waals surface area contributed by atoms with Gasteiger partial charge in [-0.15, -0.1) is 0 Å². The predicted molar refractivity (Wildman–Crippen MR) is 198 cm³/mol. The summed E-state index contributed by atoms with van der Waals surface area (Å²) < 4.78 is 26.1. The molecule has 5 rings (SSSR count). The number of piperazine rings is 1. The van der Waals surface area contributed by atoms with E-state index in [2.05, 4.69) is 16.0 Å². The minimum atomic E-state index is -3.76. The predicted octanol–water partition coefficient (Wildman–Crippen LogP) is 3.66. The van der Waals surface area contributed by atoms with Crippen molar-refractivity contribution in [3.8, 4) is 0 Å². The Morgan fingerprint density at radius 3 is 1.98 bits per heavy atom. The highest BCUT2D eigenvalue weighted by atomic mass is 32.2. The van der Waals surface area contributed by atoms with Crippen molar-refractivity contribution in [2.24, 2.45) is 0 Å². The maximum atomic E-state index is 14.1. The third kappa shape index (κ3) is 9.40. The first-order valence-corrected chi connectivity index (χ1v) is 18.7. The lowest BCUT2D eigenvalue weighted by molar-refractivity contribution is -0.143. The normalized spacial score (nSPS) is 18.0. The molecular weight excluding hydrogens is 667 g/mol. The standard InChI is InChI=1S/C39H45N5O6S/c1-26-24-40-35(39(48)44(26)25-29-16-10-6-11-17-29)36(45)34(20-28-14-8-5-9-15-28)42-38(47)32-21-31(22-33(23-32)43(3)51(4,49)50)37(46)41-27(2)30-18-12-7-13-19-30/h5-19,21-23,26-27,34-36,40,45H,20,24-25H2,1-4H3,(H,41,46)(H,42,47)/t26-,27+,34-,35-,36-/m0/s1. The summed E-state index contributed by atoms with van der Waals surface area (Å²) in [4.78, 5) is 43.2. The van der Waals surface area contributed by atoms with Crippen LogP contribution < -0.4 is 20.3 Å². The molecule has 5 atom stereocenters. The number of sulfonamides is 1. The second-order valence-corrected chi connectivity index (χ2v) is 15.1. The van der Waals surface area contributed by atoms with Gasteiger partial charge in [0.25, 0.3) is 11.8 Å². The van der Waals surface area contributed by atoms with E-state index in [0.29, 0.717) is 13.1 Å². The van der Waals surface area contributed by atoms with E-state index in [1.54, 1.807) is 4.90 Å². The summed E-state index contributed by atoms with van der Waals surface area (Å²) in [6.07, 6.45) is -0.124. The van der Waals surface area contributed by atoms with E-state index in [9.17, 15) is 27.9 Å². The topological polar surface area (TPSA) is 148 Å². The Balaban J connectivity index is 1.44. The monoisotopic (exact) mass is 711 g/mol. The first-order chi connectivity index (χ1) is 24.3. The number of carbonyl (C=O) groups excluding carboxylic acids is 3. The SMILES string of the molecule is C[C@@H](NC(=O)c1cc(C(=O)N[C@@H](Cc2ccccc2)[C@H](O)[C@@H]2NC[C@H](C)N(Cc3ccccc3)C2=O)cc(N(C)S(C)(=O)=O)c1)c1ccccc1. The van der Waals surface area contributed by atoms with Gasteiger partial charge in [-0.25, -0.2) is 8.42 Å². The molecule has 268 valence electrons. The van der Waals surface area contributed by atoms with Crippen molar-refractivity contribution >= 4 is 33.4 Å². The summed E-state index contributed by atoms with van der Waals surface area (Å²) in [6.45, 7) is 4.57. The van der Waals surface area contributed by atoms with Crippen molar-refractivity contribution in [2.75, 3.05) is 24.2 Å². The lowest BCUT2D eigenvalue weighted by Gasteiger charge is -2.41. The minimum absolute atomic E-state index is 0.00744. The zero-order valence-electron chi connectivity index (χ0n) is 29.2. The fourth-order valence-electron chi connectivity index (χ4n) is 6.13. The van der Waals surface area contributed by atoms with Crippen molar-refractivity contribution in [1.82, 2.24) is 20.9 Å². The van der Waals surface area contributed by atoms with Gasteiger partial charge in [0.2, 0.25) is 15.9 Å². The van der Waals surface area contributed by atoms with Crippen LogP contribution in [0, 0.1) is 0 Å². The number of hydrogen-bond donors (Lipinski definition) is 4. The smallest absolute Gasteiger partial charge is 0.251 e. The molecule has 0 bridgehead atoms. The number of benzene rings is 4. The maximum absolute atomic E-state index is 14.1. The second kappa shape index (κ2) is 16.3. The van der Waals surface area contributed by atoms with Crippen LogP contribution in [0.5, 0.6) is 0 Å². The van der Waals surface area contributed by atoms with Crippen LogP contribution in [0.15, 0.2) is 109 Å². The van der Waals surface area contributed by atoms with E-state index < -0.39 is 40.0 Å². The van der Waals surface area contributed by atoms with Crippen molar-refractivity contribution in [1.29, 1.82) is 0 Å². The highest BCUT2D eigenvalue weighted by Crippen LogP contribution is 2.23. The molecule has 1 aliphatic rings. The lowest BCUT2D eigenvalue weighted by atomic mass is 9.93. The molecule has 51 heavy (non-hydrogen) atoms. The average molecular weight is 712 g/mol. The summed E-state index contributed by atoms with van der Waals surface area (Å²) in [6, 6.07) is 30.0. The molecule has 0 radical (unpaired) electrons. The van der Waals surface area contributed by atoms with Gasteiger partial charge in [0, 0.05) is 37.3 Å². The van der Waals surface area contributed by atoms with Gasteiger partial charge in [0.15, 0.2) is 0 Å². The van der Waals surface area contributed by atoms with Crippen molar-refractivity contribution in [2.45, 2.75) is 57.1 Å². The highest BCUT2D eigenvalue weighted by molar-refractivity contribution is 7.92. The van der Waals surface area contributed by atoms with Gasteiger partial charge in [0.1, 0.15) is 6.04 Å². The third-order valence-electron chi connectivity index (χ3n) is 9.23. The van der Waals surface area contributed by atoms with Crippen molar-refractivity contribution in [3.63, 3.8) is 0 Å². The molecule has 1 fully saturated rings. The third-order valence-corrected chi connectivity index (χ3v) is 10.4. The van der Waals surface area contributed by atoms with Crippen LogP contribution in [-0.2, 0) is 27.8 Å². The molecule has 0 unspecified atom stereocenters. The molecular formula is C39H45N5O6S. The van der Waals surface area contributed by atoms with E-state index in [1.165, 1.54) is 25.2 Å². The van der Waals surface area contributed by atoms with Crippen molar-refractivity contribution < 1.29 is 27.9 Å². The molecule has 1 aliphatic heterocycles. The number of aliphatic hydroxyl groups excluding tert-OH is 1. The number of amides is 3. The van der Waals surface area contributed by atoms with Crippen LogP contribution in [0.25, 0.3) is 0 Å². The van der Waals surface area contributed by atoms with Crippen LogP contribution in [0.4, 0.5) is 5.69 Å². The Bertz CT molecular complexity index is 1930. The van der Waals surface area contributed by atoms with Crippen LogP contribution in [0.1, 0.15) is 57.3 Å². The number of aliphatic hydroxyl groups is 1. The van der Waals surface area contributed by atoms with Crippen LogP contribution in [0.3, 0.4) is 0 Å². The number of nitrogens with zero attached hydrogens (tertiary/aromatic N) is 2. The molecule has 12 heteroatoms. The Hall–Kier alpha value is -5.04. The lowest BCUT2D eigenvalue weighted by Crippen LogP contribution is -2.66. The van der Waals surface area contributed by atoms with Gasteiger partial charge in [-0.1, -0.05) is 91.0 Å². The fraction of sp³-hybridized carbons (Fsp3) is 0.308. The molecule has 4 N–H and O–H groups in total. The van der Waals surface area contributed by atoms with E-state index in [1.807, 2.05) is 105 Å². The summed E-state index contributed by atoms with van der Waals surface area (Å²) in [5.74, 6) is -1.45. The Kier molecular flexibility index (Phi) is 11.9. The Morgan fingerprint density at radius 2 is 1.41 bits per heavy atom. The quantitative estimate of drug-likeness (QED) is 0.166. The van der Waals surface area contributed by atoms with Crippen LogP contribution in [0.2, 0.25) is 0 Å². The van der Waals surface area contributed by atoms with Crippen LogP contribution in [-0.4, -0.2) is 80.2 Å². The molecule has 11 nitrogen and oxygen atoms in total. The Morgan fingerprint density at radius 1 is 0.882 bits per heavy atom. The molecule has 4 aromatic carbocycles. The highest BCUT2D eigenvalue weighted by Gasteiger charge is 2.40. The van der Waals surface area contributed by atoms with Gasteiger partial charge in [-0.2, -0.15) is 0 Å². The van der Waals surface area contributed by atoms with E-state index in [-0.39, 0.29) is 41.2 Å². The molecule has 3 amide bonds. The van der Waals surface area contributed by atoms with E-state index >= 15 is 0 Å². The molecule has 0 spiro atoms. The molecule has 4 aromatic rings. The van der Waals surface area contributed by atoms with Gasteiger partial charge in [-0.05, 0) is 55.2 Å². The summed E-state index contributed by atoms with van der Waals surface area (Å²) in [5.41, 5.74) is 2.84. The van der Waals surface area contributed by atoms with Crippen LogP contribution >= 0.6 is 0 Å². The number of rotatable bonds is 13. The molecule has 1 heterocycles. The summed E-state index contributed by atoms with van der Waals surface area (Å²) in [7, 11) is -2.42. The zero-order chi connectivity index (χ0) is 36.7. The maximum Gasteiger partial charge on any atom is 0.251 e. The molecule has 0 aliphatic carbocycles. The fourth-order valence-corrected chi connectivity index (χ4v) is 6.62.